The normalized spacial score (nSPS) is 13.9. The van der Waals surface area contributed by atoms with E-state index < -0.39 is 23.5 Å². The number of rotatable bonds is 8. The minimum absolute atomic E-state index is 0.0556. The van der Waals surface area contributed by atoms with E-state index in [-0.39, 0.29) is 24.4 Å². The Kier molecular flexibility index (Phi) is 6.67. The second kappa shape index (κ2) is 9.23. The van der Waals surface area contributed by atoms with Gasteiger partial charge in [-0.1, -0.05) is 41.9 Å². The topological polar surface area (TPSA) is 134 Å². The highest BCUT2D eigenvalue weighted by Gasteiger charge is 2.33. The van der Waals surface area contributed by atoms with Gasteiger partial charge in [0.1, 0.15) is 11.4 Å². The van der Waals surface area contributed by atoms with Crippen LogP contribution >= 0.6 is 11.6 Å². The quantitative estimate of drug-likeness (QED) is 0.421. The maximum absolute atomic E-state index is 14.1. The van der Waals surface area contributed by atoms with Crippen LogP contribution in [-0.2, 0) is 11.2 Å². The van der Waals surface area contributed by atoms with Crippen molar-refractivity contribution in [3.63, 3.8) is 0 Å². The summed E-state index contributed by atoms with van der Waals surface area (Å²) >= 11 is 6.44. The summed E-state index contributed by atoms with van der Waals surface area (Å²) in [7, 11) is 0. The summed E-state index contributed by atoms with van der Waals surface area (Å²) < 4.78 is 14.1. The Morgan fingerprint density at radius 1 is 1.32 bits per heavy atom. The number of aromatic amines is 1. The number of aliphatic carboxylic acids is 1. The van der Waals surface area contributed by atoms with Crippen LogP contribution in [0.1, 0.15) is 29.4 Å². The average molecular weight is 446 g/mol. The molecule has 0 fully saturated rings. The van der Waals surface area contributed by atoms with E-state index >= 15 is 0 Å². The van der Waals surface area contributed by atoms with Crippen LogP contribution in [0, 0.1) is 5.82 Å². The molecule has 1 amide bonds. The van der Waals surface area contributed by atoms with E-state index in [1.165, 1.54) is 19.2 Å². The van der Waals surface area contributed by atoms with E-state index in [4.69, 9.17) is 17.3 Å². The van der Waals surface area contributed by atoms with E-state index in [1.54, 1.807) is 36.4 Å². The van der Waals surface area contributed by atoms with Crippen molar-refractivity contribution in [1.82, 2.24) is 20.7 Å². The minimum Gasteiger partial charge on any atom is -0.480 e. The van der Waals surface area contributed by atoms with Crippen LogP contribution in [-0.4, -0.2) is 44.0 Å². The number of carboxylic acids is 1. The monoisotopic (exact) mass is 445 g/mol. The lowest BCUT2D eigenvalue weighted by molar-refractivity contribution is -0.143. The van der Waals surface area contributed by atoms with Crippen LogP contribution in [0.4, 0.5) is 4.39 Å². The van der Waals surface area contributed by atoms with Gasteiger partial charge in [-0.15, -0.1) is 0 Å². The van der Waals surface area contributed by atoms with Crippen LogP contribution in [0.3, 0.4) is 0 Å². The van der Waals surface area contributed by atoms with Gasteiger partial charge < -0.3 is 16.2 Å². The molecule has 162 valence electrons. The third kappa shape index (κ3) is 5.44. The molecule has 2 atom stereocenters. The Labute approximate surface area is 182 Å². The van der Waals surface area contributed by atoms with Crippen molar-refractivity contribution in [3.8, 4) is 11.1 Å². The Hall–Kier alpha value is -3.30. The van der Waals surface area contributed by atoms with Gasteiger partial charge in [0.15, 0.2) is 5.69 Å². The Morgan fingerprint density at radius 3 is 2.68 bits per heavy atom. The highest BCUT2D eigenvalue weighted by atomic mass is 35.5. The molecule has 0 aliphatic rings. The number of aromatic nitrogens is 3. The number of hydrogen-bond donors (Lipinski definition) is 4. The van der Waals surface area contributed by atoms with Gasteiger partial charge in [0.25, 0.3) is 5.91 Å². The second-order valence-corrected chi connectivity index (χ2v) is 7.85. The summed E-state index contributed by atoms with van der Waals surface area (Å²) in [5.74, 6) is -2.10. The summed E-state index contributed by atoms with van der Waals surface area (Å²) in [5, 5.41) is 22.1. The molecule has 0 bridgehead atoms. The molecule has 0 saturated heterocycles. The molecule has 0 saturated carbocycles. The number of amides is 1. The van der Waals surface area contributed by atoms with E-state index in [2.05, 4.69) is 20.7 Å². The molecule has 0 aliphatic carbocycles. The number of hydrogen-bond acceptors (Lipinski definition) is 5. The van der Waals surface area contributed by atoms with Crippen molar-refractivity contribution in [2.75, 3.05) is 0 Å². The number of carbonyl (C=O) groups is 2. The first-order valence-corrected chi connectivity index (χ1v) is 9.77. The van der Waals surface area contributed by atoms with Crippen molar-refractivity contribution >= 4 is 23.5 Å². The Bertz CT molecular complexity index is 1090. The van der Waals surface area contributed by atoms with E-state index in [0.29, 0.717) is 21.7 Å². The molecule has 2 aromatic carbocycles. The van der Waals surface area contributed by atoms with Crippen molar-refractivity contribution in [3.05, 3.63) is 70.8 Å². The molecular formula is C21H21ClFN5O3. The summed E-state index contributed by atoms with van der Waals surface area (Å²) in [4.78, 5) is 23.9. The first-order chi connectivity index (χ1) is 14.7. The fourth-order valence-corrected chi connectivity index (χ4v) is 3.44. The van der Waals surface area contributed by atoms with Crippen LogP contribution in [0.2, 0.25) is 5.02 Å². The number of nitrogens with two attached hydrogens (primary N) is 1. The first-order valence-electron chi connectivity index (χ1n) is 9.39. The summed E-state index contributed by atoms with van der Waals surface area (Å²) in [6.45, 7) is 1.37. The lowest BCUT2D eigenvalue weighted by Gasteiger charge is -2.27. The number of carbonyl (C=O) groups excluding carboxylic acids is 1. The molecule has 31 heavy (non-hydrogen) atoms. The summed E-state index contributed by atoms with van der Waals surface area (Å²) in [6, 6.07) is 10.7. The number of nitrogens with one attached hydrogen (secondary N) is 2. The third-order valence-electron chi connectivity index (χ3n) is 4.85. The van der Waals surface area contributed by atoms with Crippen molar-refractivity contribution in [2.24, 2.45) is 5.73 Å². The Morgan fingerprint density at radius 2 is 2.06 bits per heavy atom. The number of H-pyrrole nitrogens is 1. The average Bonchev–Trinajstić information content (AvgIpc) is 3.24. The smallest absolute Gasteiger partial charge is 0.323 e. The largest absolute Gasteiger partial charge is 0.480 e. The molecule has 3 rings (SSSR count). The highest BCUT2D eigenvalue weighted by molar-refractivity contribution is 6.31. The zero-order valence-electron chi connectivity index (χ0n) is 16.6. The van der Waals surface area contributed by atoms with Crippen LogP contribution in [0.15, 0.2) is 48.7 Å². The zero-order chi connectivity index (χ0) is 22.6. The predicted molar refractivity (Wildman–Crippen MR) is 113 cm³/mol. The number of carboxylic acid groups (broad SMARTS) is 1. The highest BCUT2D eigenvalue weighted by Crippen LogP contribution is 2.29. The fourth-order valence-electron chi connectivity index (χ4n) is 3.18. The van der Waals surface area contributed by atoms with Crippen molar-refractivity contribution < 1.29 is 19.1 Å². The molecule has 10 heteroatoms. The van der Waals surface area contributed by atoms with Crippen LogP contribution in [0.5, 0.6) is 0 Å². The molecule has 8 nitrogen and oxygen atoms in total. The molecule has 0 spiro atoms. The zero-order valence-corrected chi connectivity index (χ0v) is 17.4. The van der Waals surface area contributed by atoms with Gasteiger partial charge >= 0.3 is 5.97 Å². The van der Waals surface area contributed by atoms with Crippen LogP contribution < -0.4 is 11.1 Å². The van der Waals surface area contributed by atoms with Gasteiger partial charge in [-0.25, -0.2) is 4.39 Å². The van der Waals surface area contributed by atoms with Gasteiger partial charge in [0.05, 0.1) is 6.20 Å². The predicted octanol–water partition coefficient (Wildman–Crippen LogP) is 2.80. The molecule has 1 aromatic heterocycles. The van der Waals surface area contributed by atoms with Gasteiger partial charge in [0.2, 0.25) is 0 Å². The molecule has 1 heterocycles. The lowest BCUT2D eigenvalue weighted by atomic mass is 9.90. The number of nitrogens with zero attached hydrogens (tertiary/aromatic N) is 2. The minimum atomic E-state index is -1.58. The van der Waals surface area contributed by atoms with Gasteiger partial charge in [0, 0.05) is 16.6 Å². The second-order valence-electron chi connectivity index (χ2n) is 7.44. The SMILES string of the molecule is C[C@@](N)(C[C@@H](Cc1ccc(-c2ccccc2F)cc1Cl)NC(=O)c1cn[nH]n1)C(=O)O. The van der Waals surface area contributed by atoms with E-state index in [9.17, 15) is 19.1 Å². The van der Waals surface area contributed by atoms with Crippen molar-refractivity contribution in [2.45, 2.75) is 31.3 Å². The molecule has 3 aromatic rings. The standard InChI is InChI=1S/C21H21ClFN5O3/c1-21(24,20(30)31)10-14(26-19(29)18-11-25-28-27-18)8-13-7-6-12(9-16(13)22)15-4-2-3-5-17(15)23/h2-7,9,11,14H,8,10,24H2,1H3,(H,26,29)(H,30,31)(H,25,27,28)/t14-,21-/m1/s1. The van der Waals surface area contributed by atoms with Crippen molar-refractivity contribution in [1.29, 1.82) is 0 Å². The Balaban J connectivity index is 1.85. The summed E-state index contributed by atoms with van der Waals surface area (Å²) in [5.41, 5.74) is 6.03. The summed E-state index contributed by atoms with van der Waals surface area (Å²) in [6.07, 6.45) is 1.40. The number of halogens is 2. The van der Waals surface area contributed by atoms with E-state index in [1.807, 2.05) is 0 Å². The molecule has 5 N–H and O–H groups in total. The van der Waals surface area contributed by atoms with E-state index in [0.717, 1.165) is 0 Å². The number of benzene rings is 2. The van der Waals surface area contributed by atoms with Gasteiger partial charge in [-0.05, 0) is 43.0 Å². The third-order valence-corrected chi connectivity index (χ3v) is 5.20. The molecular weight excluding hydrogens is 425 g/mol. The van der Waals surface area contributed by atoms with Crippen LogP contribution in [0.25, 0.3) is 11.1 Å². The molecule has 0 radical (unpaired) electrons. The fraction of sp³-hybridized carbons (Fsp3) is 0.238. The first kappa shape index (κ1) is 22.4. The maximum atomic E-state index is 14.1. The molecule has 0 unspecified atom stereocenters. The lowest BCUT2D eigenvalue weighted by Crippen LogP contribution is -2.51. The maximum Gasteiger partial charge on any atom is 0.323 e. The van der Waals surface area contributed by atoms with Gasteiger partial charge in [-0.3, -0.25) is 9.59 Å². The molecule has 0 aliphatic heterocycles. The van der Waals surface area contributed by atoms with Gasteiger partial charge in [-0.2, -0.15) is 15.4 Å².